The quantitative estimate of drug-likeness (QED) is 0.696. The minimum Gasteiger partial charge on any atom is -0.454 e. The molecule has 0 fully saturated rings. The molecule has 0 saturated heterocycles. The standard InChI is InChI=1S/C16H11F2N3O3S/c17-9-4-11-12(5-10(9)18)21-16(20-11)25-6-15(22)19-8-1-2-13-14(3-8)24-7-23-13/h1-5H,6-7H2,(H,19,22)(H,20,21). The van der Waals surface area contributed by atoms with Gasteiger partial charge in [0.05, 0.1) is 16.8 Å². The zero-order valence-corrected chi connectivity index (χ0v) is 13.5. The fourth-order valence-corrected chi connectivity index (χ4v) is 3.04. The van der Waals surface area contributed by atoms with E-state index in [-0.39, 0.29) is 18.5 Å². The molecule has 128 valence electrons. The zero-order chi connectivity index (χ0) is 17.4. The number of halogens is 2. The maximum absolute atomic E-state index is 13.2. The summed E-state index contributed by atoms with van der Waals surface area (Å²) in [5.41, 5.74) is 1.26. The number of fused-ring (bicyclic) bond motifs is 2. The number of aromatic amines is 1. The van der Waals surface area contributed by atoms with Crippen LogP contribution < -0.4 is 14.8 Å². The number of rotatable bonds is 4. The predicted octanol–water partition coefficient (Wildman–Crippen LogP) is 3.30. The van der Waals surface area contributed by atoms with Gasteiger partial charge in [0.1, 0.15) is 0 Å². The van der Waals surface area contributed by atoms with Crippen molar-refractivity contribution < 1.29 is 23.0 Å². The summed E-state index contributed by atoms with van der Waals surface area (Å²) in [6.45, 7) is 0.163. The van der Waals surface area contributed by atoms with E-state index in [0.29, 0.717) is 33.4 Å². The third-order valence-corrected chi connectivity index (χ3v) is 4.37. The predicted molar refractivity (Wildman–Crippen MR) is 87.9 cm³/mol. The summed E-state index contributed by atoms with van der Waals surface area (Å²) in [6, 6.07) is 7.15. The van der Waals surface area contributed by atoms with E-state index in [9.17, 15) is 13.6 Å². The number of anilines is 1. The smallest absolute Gasteiger partial charge is 0.234 e. The van der Waals surface area contributed by atoms with Crippen molar-refractivity contribution in [3.8, 4) is 11.5 Å². The van der Waals surface area contributed by atoms with Crippen LogP contribution in [0.15, 0.2) is 35.5 Å². The molecule has 9 heteroatoms. The van der Waals surface area contributed by atoms with Gasteiger partial charge in [-0.3, -0.25) is 4.79 Å². The highest BCUT2D eigenvalue weighted by atomic mass is 32.2. The van der Waals surface area contributed by atoms with Crippen molar-refractivity contribution in [3.63, 3.8) is 0 Å². The minimum absolute atomic E-state index is 0.0826. The number of thioether (sulfide) groups is 1. The Balaban J connectivity index is 1.40. The van der Waals surface area contributed by atoms with Crippen LogP contribution in [0.25, 0.3) is 11.0 Å². The first-order valence-corrected chi connectivity index (χ1v) is 8.24. The average molecular weight is 363 g/mol. The Kier molecular flexibility index (Phi) is 3.92. The number of H-pyrrole nitrogens is 1. The summed E-state index contributed by atoms with van der Waals surface area (Å²) in [5.74, 6) is -0.869. The normalized spacial score (nSPS) is 12.6. The topological polar surface area (TPSA) is 76.2 Å². The van der Waals surface area contributed by atoms with Gasteiger partial charge in [-0.1, -0.05) is 11.8 Å². The molecule has 0 aliphatic carbocycles. The Morgan fingerprint density at radius 3 is 2.88 bits per heavy atom. The number of nitrogens with one attached hydrogen (secondary N) is 2. The molecule has 4 rings (SSSR count). The van der Waals surface area contributed by atoms with E-state index in [0.717, 1.165) is 23.9 Å². The first kappa shape index (κ1) is 15.7. The van der Waals surface area contributed by atoms with Crippen LogP contribution in [0.1, 0.15) is 0 Å². The van der Waals surface area contributed by atoms with Gasteiger partial charge >= 0.3 is 0 Å². The van der Waals surface area contributed by atoms with Crippen LogP contribution in [0.2, 0.25) is 0 Å². The molecule has 0 radical (unpaired) electrons. The minimum atomic E-state index is -0.962. The number of nitrogens with zero attached hydrogens (tertiary/aromatic N) is 1. The van der Waals surface area contributed by atoms with E-state index in [1.807, 2.05) is 0 Å². The van der Waals surface area contributed by atoms with Gasteiger partial charge in [0.2, 0.25) is 12.7 Å². The largest absolute Gasteiger partial charge is 0.454 e. The monoisotopic (exact) mass is 363 g/mol. The SMILES string of the molecule is O=C(CSc1nc2cc(F)c(F)cc2[nH]1)Nc1ccc2c(c1)OCO2. The highest BCUT2D eigenvalue weighted by molar-refractivity contribution is 7.99. The molecule has 1 amide bonds. The molecule has 0 saturated carbocycles. The highest BCUT2D eigenvalue weighted by Gasteiger charge is 2.15. The third-order valence-electron chi connectivity index (χ3n) is 3.50. The molecule has 2 aromatic carbocycles. The molecule has 0 unspecified atom stereocenters. The molecule has 2 heterocycles. The van der Waals surface area contributed by atoms with E-state index in [2.05, 4.69) is 15.3 Å². The van der Waals surface area contributed by atoms with Gasteiger partial charge in [-0.05, 0) is 12.1 Å². The number of hydrogen-bond acceptors (Lipinski definition) is 5. The van der Waals surface area contributed by atoms with Crippen LogP contribution in [0.5, 0.6) is 11.5 Å². The number of carbonyl (C=O) groups excluding carboxylic acids is 1. The molecule has 3 aromatic rings. The summed E-state index contributed by atoms with van der Waals surface area (Å²) in [5, 5.41) is 3.14. The van der Waals surface area contributed by atoms with Gasteiger partial charge in [-0.25, -0.2) is 13.8 Å². The molecular formula is C16H11F2N3O3S. The second kappa shape index (κ2) is 6.25. The van der Waals surface area contributed by atoms with Gasteiger partial charge in [0, 0.05) is 23.9 Å². The number of hydrogen-bond donors (Lipinski definition) is 2. The molecule has 1 aromatic heterocycles. The van der Waals surface area contributed by atoms with Crippen molar-refractivity contribution in [3.05, 3.63) is 42.0 Å². The van der Waals surface area contributed by atoms with Gasteiger partial charge in [-0.2, -0.15) is 0 Å². The second-order valence-electron chi connectivity index (χ2n) is 5.23. The Hall–Kier alpha value is -2.81. The average Bonchev–Trinajstić information content (AvgIpc) is 3.19. The zero-order valence-electron chi connectivity index (χ0n) is 12.6. The summed E-state index contributed by atoms with van der Waals surface area (Å²) in [7, 11) is 0. The lowest BCUT2D eigenvalue weighted by Crippen LogP contribution is -2.14. The summed E-state index contributed by atoms with van der Waals surface area (Å²) in [4.78, 5) is 19.0. The number of carbonyl (C=O) groups is 1. The molecule has 1 aliphatic rings. The van der Waals surface area contributed by atoms with Crippen LogP contribution in [-0.2, 0) is 4.79 Å². The summed E-state index contributed by atoms with van der Waals surface area (Å²) < 4.78 is 36.8. The van der Waals surface area contributed by atoms with Crippen LogP contribution in [0, 0.1) is 11.6 Å². The van der Waals surface area contributed by atoms with Crippen LogP contribution in [0.3, 0.4) is 0 Å². The molecule has 6 nitrogen and oxygen atoms in total. The number of imidazole rings is 1. The molecule has 25 heavy (non-hydrogen) atoms. The fraction of sp³-hybridized carbons (Fsp3) is 0.125. The lowest BCUT2D eigenvalue weighted by molar-refractivity contribution is -0.113. The number of benzene rings is 2. The lowest BCUT2D eigenvalue weighted by atomic mass is 10.3. The van der Waals surface area contributed by atoms with Crippen molar-refractivity contribution >= 4 is 34.4 Å². The fourth-order valence-electron chi connectivity index (χ4n) is 2.36. The maximum Gasteiger partial charge on any atom is 0.234 e. The first-order chi connectivity index (χ1) is 12.1. The van der Waals surface area contributed by atoms with E-state index < -0.39 is 11.6 Å². The van der Waals surface area contributed by atoms with Gasteiger partial charge < -0.3 is 19.8 Å². The van der Waals surface area contributed by atoms with Crippen LogP contribution in [-0.4, -0.2) is 28.4 Å². The maximum atomic E-state index is 13.2. The molecule has 2 N–H and O–H groups in total. The molecule has 0 atom stereocenters. The Morgan fingerprint density at radius 2 is 2.00 bits per heavy atom. The van der Waals surface area contributed by atoms with E-state index in [4.69, 9.17) is 9.47 Å². The van der Waals surface area contributed by atoms with E-state index in [1.54, 1.807) is 18.2 Å². The Bertz CT molecular complexity index is 938. The Morgan fingerprint density at radius 1 is 1.20 bits per heavy atom. The van der Waals surface area contributed by atoms with Crippen molar-refractivity contribution in [1.82, 2.24) is 9.97 Å². The number of ether oxygens (including phenoxy) is 2. The molecular weight excluding hydrogens is 352 g/mol. The third kappa shape index (κ3) is 3.22. The van der Waals surface area contributed by atoms with Gasteiger partial charge in [-0.15, -0.1) is 0 Å². The van der Waals surface area contributed by atoms with Crippen molar-refractivity contribution in [1.29, 1.82) is 0 Å². The van der Waals surface area contributed by atoms with Crippen LogP contribution >= 0.6 is 11.8 Å². The molecule has 0 bridgehead atoms. The second-order valence-corrected chi connectivity index (χ2v) is 6.19. The van der Waals surface area contributed by atoms with Crippen LogP contribution in [0.4, 0.5) is 14.5 Å². The molecule has 1 aliphatic heterocycles. The van der Waals surface area contributed by atoms with E-state index in [1.165, 1.54) is 0 Å². The van der Waals surface area contributed by atoms with Crippen molar-refractivity contribution in [2.45, 2.75) is 5.16 Å². The lowest BCUT2D eigenvalue weighted by Gasteiger charge is -2.05. The van der Waals surface area contributed by atoms with Crippen molar-refractivity contribution in [2.75, 3.05) is 17.9 Å². The van der Waals surface area contributed by atoms with E-state index >= 15 is 0 Å². The summed E-state index contributed by atoms with van der Waals surface area (Å²) in [6.07, 6.45) is 0. The highest BCUT2D eigenvalue weighted by Crippen LogP contribution is 2.34. The Labute approximate surface area is 144 Å². The number of amides is 1. The molecule has 0 spiro atoms. The first-order valence-electron chi connectivity index (χ1n) is 7.25. The van der Waals surface area contributed by atoms with Gasteiger partial charge in [0.15, 0.2) is 28.3 Å². The van der Waals surface area contributed by atoms with Gasteiger partial charge in [0.25, 0.3) is 0 Å². The number of aromatic nitrogens is 2. The van der Waals surface area contributed by atoms with Crippen molar-refractivity contribution in [2.24, 2.45) is 0 Å². The summed E-state index contributed by atoms with van der Waals surface area (Å²) >= 11 is 1.13.